The lowest BCUT2D eigenvalue weighted by molar-refractivity contribution is -0.135. The van der Waals surface area contributed by atoms with Crippen LogP contribution in [0.3, 0.4) is 0 Å². The normalized spacial score (nSPS) is 13.6. The highest BCUT2D eigenvalue weighted by Gasteiger charge is 2.25. The molecule has 138 valence electrons. The van der Waals surface area contributed by atoms with Gasteiger partial charge in [0.05, 0.1) is 0 Å². The third-order valence-electron chi connectivity index (χ3n) is 4.40. The third-order valence-corrected chi connectivity index (χ3v) is 4.40. The van der Waals surface area contributed by atoms with Gasteiger partial charge in [0.2, 0.25) is 11.8 Å². The molecule has 2 heterocycles. The molecule has 0 fully saturated rings. The van der Waals surface area contributed by atoms with Crippen molar-refractivity contribution in [2.24, 2.45) is 5.92 Å². The molecule has 0 unspecified atom stereocenters. The Kier molecular flexibility index (Phi) is 5.42. The fraction of sp³-hybridized carbons (Fsp3) is 0.400. The maximum absolute atomic E-state index is 12.2. The number of carbonyl (C=O) groups is 2. The van der Waals surface area contributed by atoms with E-state index in [9.17, 15) is 9.59 Å². The van der Waals surface area contributed by atoms with E-state index >= 15 is 0 Å². The molecule has 0 radical (unpaired) electrons. The molecule has 6 heteroatoms. The molecule has 0 saturated heterocycles. The number of rotatable bonds is 5. The van der Waals surface area contributed by atoms with Crippen LogP contribution in [0.15, 0.2) is 34.7 Å². The molecule has 1 aromatic carbocycles. The van der Waals surface area contributed by atoms with Gasteiger partial charge < -0.3 is 19.4 Å². The van der Waals surface area contributed by atoms with E-state index in [0.29, 0.717) is 18.8 Å². The Morgan fingerprint density at radius 3 is 2.65 bits per heavy atom. The van der Waals surface area contributed by atoms with Crippen LogP contribution in [-0.4, -0.2) is 37.0 Å². The SMILES string of the molecule is COCC(=O)Nc1ccc(-c2cc3c(o2)CCN(C(=O)C(C)C)C3)cc1. The van der Waals surface area contributed by atoms with E-state index in [0.717, 1.165) is 29.1 Å². The highest BCUT2D eigenvalue weighted by atomic mass is 16.5. The number of hydrogen-bond acceptors (Lipinski definition) is 4. The standard InChI is InChI=1S/C20H24N2O4/c1-13(2)20(24)22-9-8-17-15(11-22)10-18(26-17)14-4-6-16(7-5-14)21-19(23)12-25-3/h4-7,10,13H,8-9,11-12H2,1-3H3,(H,21,23). The number of furan rings is 1. The van der Waals surface area contributed by atoms with E-state index in [2.05, 4.69) is 5.32 Å². The van der Waals surface area contributed by atoms with Gasteiger partial charge in [0.25, 0.3) is 0 Å². The first-order valence-electron chi connectivity index (χ1n) is 8.77. The van der Waals surface area contributed by atoms with Crippen molar-refractivity contribution in [1.82, 2.24) is 4.90 Å². The van der Waals surface area contributed by atoms with E-state index in [1.54, 1.807) is 0 Å². The predicted octanol–water partition coefficient (Wildman–Crippen LogP) is 3.07. The molecule has 2 aromatic rings. The highest BCUT2D eigenvalue weighted by molar-refractivity contribution is 5.91. The molecule has 0 aliphatic carbocycles. The molecule has 6 nitrogen and oxygen atoms in total. The summed E-state index contributed by atoms with van der Waals surface area (Å²) in [5, 5.41) is 2.76. The summed E-state index contributed by atoms with van der Waals surface area (Å²) in [7, 11) is 1.48. The minimum absolute atomic E-state index is 0.00350. The van der Waals surface area contributed by atoms with Crippen LogP contribution in [-0.2, 0) is 27.3 Å². The van der Waals surface area contributed by atoms with Gasteiger partial charge >= 0.3 is 0 Å². The first kappa shape index (κ1) is 18.2. The molecule has 2 amide bonds. The Bertz CT molecular complexity index is 793. The van der Waals surface area contributed by atoms with Crippen LogP contribution in [0.1, 0.15) is 25.2 Å². The zero-order valence-electron chi connectivity index (χ0n) is 15.4. The van der Waals surface area contributed by atoms with Crippen LogP contribution in [0.25, 0.3) is 11.3 Å². The van der Waals surface area contributed by atoms with Crippen LogP contribution in [0.4, 0.5) is 5.69 Å². The topological polar surface area (TPSA) is 71.8 Å². The second-order valence-corrected chi connectivity index (χ2v) is 6.78. The maximum Gasteiger partial charge on any atom is 0.250 e. The van der Waals surface area contributed by atoms with Crippen molar-refractivity contribution in [3.05, 3.63) is 41.7 Å². The number of nitrogens with one attached hydrogen (secondary N) is 1. The summed E-state index contributed by atoms with van der Waals surface area (Å²) in [4.78, 5) is 25.6. The molecule has 3 rings (SSSR count). The van der Waals surface area contributed by atoms with E-state index in [-0.39, 0.29) is 24.3 Å². The van der Waals surface area contributed by atoms with E-state index < -0.39 is 0 Å². The summed E-state index contributed by atoms with van der Waals surface area (Å²) in [5.41, 5.74) is 2.71. The summed E-state index contributed by atoms with van der Waals surface area (Å²) in [6.45, 7) is 5.16. The van der Waals surface area contributed by atoms with Crippen LogP contribution in [0.2, 0.25) is 0 Å². The average molecular weight is 356 g/mol. The Labute approximate surface area is 153 Å². The van der Waals surface area contributed by atoms with Gasteiger partial charge in [0.15, 0.2) is 0 Å². The summed E-state index contributed by atoms with van der Waals surface area (Å²) >= 11 is 0. The smallest absolute Gasteiger partial charge is 0.250 e. The summed E-state index contributed by atoms with van der Waals surface area (Å²) < 4.78 is 10.8. The molecule has 0 spiro atoms. The van der Waals surface area contributed by atoms with E-state index in [1.807, 2.05) is 49.1 Å². The predicted molar refractivity (Wildman–Crippen MR) is 98.6 cm³/mol. The lowest BCUT2D eigenvalue weighted by Gasteiger charge is -2.27. The number of amides is 2. The van der Waals surface area contributed by atoms with Crippen molar-refractivity contribution in [2.45, 2.75) is 26.8 Å². The summed E-state index contributed by atoms with van der Waals surface area (Å²) in [6.07, 6.45) is 0.735. The molecule has 1 N–H and O–H groups in total. The van der Waals surface area contributed by atoms with Gasteiger partial charge in [-0.1, -0.05) is 13.8 Å². The van der Waals surface area contributed by atoms with Crippen molar-refractivity contribution in [3.8, 4) is 11.3 Å². The highest BCUT2D eigenvalue weighted by Crippen LogP contribution is 2.30. The number of methoxy groups -OCH3 is 1. The number of anilines is 1. The largest absolute Gasteiger partial charge is 0.461 e. The minimum Gasteiger partial charge on any atom is -0.461 e. The monoisotopic (exact) mass is 356 g/mol. The van der Waals surface area contributed by atoms with Gasteiger partial charge in [0, 0.05) is 49.4 Å². The molecule has 0 saturated carbocycles. The average Bonchev–Trinajstić information content (AvgIpc) is 3.05. The Morgan fingerprint density at radius 1 is 1.27 bits per heavy atom. The molecule has 0 atom stereocenters. The number of fused-ring (bicyclic) bond motifs is 1. The maximum atomic E-state index is 12.2. The molecular formula is C20H24N2O4. The zero-order valence-corrected chi connectivity index (χ0v) is 15.4. The number of benzene rings is 1. The Morgan fingerprint density at radius 2 is 2.00 bits per heavy atom. The first-order chi connectivity index (χ1) is 12.5. The molecule has 1 aliphatic heterocycles. The number of nitrogens with zero attached hydrogens (tertiary/aromatic N) is 1. The van der Waals surface area contributed by atoms with Crippen molar-refractivity contribution < 1.29 is 18.7 Å². The van der Waals surface area contributed by atoms with Gasteiger partial charge in [-0.05, 0) is 30.3 Å². The fourth-order valence-corrected chi connectivity index (χ4v) is 3.07. The molecule has 0 bridgehead atoms. The second-order valence-electron chi connectivity index (χ2n) is 6.78. The van der Waals surface area contributed by atoms with Crippen LogP contribution in [0.5, 0.6) is 0 Å². The lowest BCUT2D eigenvalue weighted by atomic mass is 10.1. The minimum atomic E-state index is -0.191. The molecular weight excluding hydrogens is 332 g/mol. The number of hydrogen-bond donors (Lipinski definition) is 1. The Hall–Kier alpha value is -2.60. The zero-order chi connectivity index (χ0) is 18.7. The van der Waals surface area contributed by atoms with Gasteiger partial charge in [-0.3, -0.25) is 9.59 Å². The van der Waals surface area contributed by atoms with Crippen molar-refractivity contribution >= 4 is 17.5 Å². The quantitative estimate of drug-likeness (QED) is 0.894. The number of ether oxygens (including phenoxy) is 1. The Balaban J connectivity index is 1.72. The molecule has 1 aromatic heterocycles. The van der Waals surface area contributed by atoms with Crippen LogP contribution < -0.4 is 5.32 Å². The first-order valence-corrected chi connectivity index (χ1v) is 8.77. The van der Waals surface area contributed by atoms with Crippen molar-refractivity contribution in [3.63, 3.8) is 0 Å². The molecule has 1 aliphatic rings. The van der Waals surface area contributed by atoms with Gasteiger partial charge in [-0.15, -0.1) is 0 Å². The summed E-state index contributed by atoms with van der Waals surface area (Å²) in [5.74, 6) is 1.72. The lowest BCUT2D eigenvalue weighted by Crippen LogP contribution is -2.37. The van der Waals surface area contributed by atoms with Gasteiger partial charge in [-0.2, -0.15) is 0 Å². The van der Waals surface area contributed by atoms with Crippen LogP contribution >= 0.6 is 0 Å². The van der Waals surface area contributed by atoms with Gasteiger partial charge in [0.1, 0.15) is 18.1 Å². The van der Waals surface area contributed by atoms with E-state index in [1.165, 1.54) is 7.11 Å². The third kappa shape index (κ3) is 3.96. The van der Waals surface area contributed by atoms with Gasteiger partial charge in [-0.25, -0.2) is 0 Å². The van der Waals surface area contributed by atoms with Crippen LogP contribution in [0, 0.1) is 5.92 Å². The number of carbonyl (C=O) groups excluding carboxylic acids is 2. The second kappa shape index (κ2) is 7.74. The van der Waals surface area contributed by atoms with Crippen molar-refractivity contribution in [2.75, 3.05) is 25.6 Å². The summed E-state index contributed by atoms with van der Waals surface area (Å²) in [6, 6.07) is 9.49. The van der Waals surface area contributed by atoms with Crippen molar-refractivity contribution in [1.29, 1.82) is 0 Å². The fourth-order valence-electron chi connectivity index (χ4n) is 3.07. The molecule has 26 heavy (non-hydrogen) atoms. The van der Waals surface area contributed by atoms with E-state index in [4.69, 9.17) is 9.15 Å².